The van der Waals surface area contributed by atoms with Crippen LogP contribution in [0.5, 0.6) is 0 Å². The molecule has 0 radical (unpaired) electrons. The highest BCUT2D eigenvalue weighted by molar-refractivity contribution is 6.31. The lowest BCUT2D eigenvalue weighted by Crippen LogP contribution is -2.47. The zero-order valence-corrected chi connectivity index (χ0v) is 12.7. The van der Waals surface area contributed by atoms with Crippen LogP contribution in [0.15, 0.2) is 18.2 Å². The minimum absolute atomic E-state index is 0.120. The van der Waals surface area contributed by atoms with E-state index in [1.807, 2.05) is 0 Å². The Morgan fingerprint density at radius 2 is 2.05 bits per heavy atom. The summed E-state index contributed by atoms with van der Waals surface area (Å²) in [6, 6.07) is 4.95. The summed E-state index contributed by atoms with van der Waals surface area (Å²) in [5, 5.41) is 13.0. The Balaban J connectivity index is 2.16. The second-order valence-corrected chi connectivity index (χ2v) is 6.11. The third-order valence-electron chi connectivity index (χ3n) is 4.30. The molecular weight excluding hydrogens is 276 g/mol. The van der Waals surface area contributed by atoms with E-state index in [1.165, 1.54) is 18.9 Å². The van der Waals surface area contributed by atoms with Crippen molar-refractivity contribution in [2.45, 2.75) is 31.2 Å². The van der Waals surface area contributed by atoms with Crippen molar-refractivity contribution in [2.75, 3.05) is 26.0 Å². The predicted molar refractivity (Wildman–Crippen MR) is 81.8 cm³/mol. The van der Waals surface area contributed by atoms with Gasteiger partial charge in [-0.1, -0.05) is 24.4 Å². The summed E-state index contributed by atoms with van der Waals surface area (Å²) in [7, 11) is 4.18. The van der Waals surface area contributed by atoms with Gasteiger partial charge in [-0.3, -0.25) is 0 Å². The summed E-state index contributed by atoms with van der Waals surface area (Å²) in [4.78, 5) is 13.5. The minimum atomic E-state index is -0.958. The van der Waals surface area contributed by atoms with E-state index in [0.29, 0.717) is 10.7 Å². The zero-order valence-electron chi connectivity index (χ0n) is 11.9. The minimum Gasteiger partial charge on any atom is -0.478 e. The van der Waals surface area contributed by atoms with Crippen molar-refractivity contribution >= 4 is 23.3 Å². The smallest absolute Gasteiger partial charge is 0.337 e. The number of nitrogens with one attached hydrogen (secondary N) is 1. The van der Waals surface area contributed by atoms with E-state index in [-0.39, 0.29) is 11.1 Å². The third kappa shape index (κ3) is 3.07. The monoisotopic (exact) mass is 296 g/mol. The fourth-order valence-electron chi connectivity index (χ4n) is 2.92. The van der Waals surface area contributed by atoms with Crippen molar-refractivity contribution in [2.24, 2.45) is 0 Å². The first kappa shape index (κ1) is 15.1. The molecule has 4 nitrogen and oxygen atoms in total. The maximum atomic E-state index is 11.3. The van der Waals surface area contributed by atoms with Crippen LogP contribution in [0.1, 0.15) is 36.0 Å². The molecule has 1 aliphatic rings. The van der Waals surface area contributed by atoms with Gasteiger partial charge in [-0.25, -0.2) is 4.79 Å². The summed E-state index contributed by atoms with van der Waals surface area (Å²) >= 11 is 5.87. The Bertz CT molecular complexity index is 497. The molecule has 1 aromatic rings. The normalized spacial score (nSPS) is 17.4. The Hall–Kier alpha value is -1.26. The van der Waals surface area contributed by atoms with Gasteiger partial charge in [0.15, 0.2) is 0 Å². The second kappa shape index (κ2) is 6.02. The first-order valence-corrected chi connectivity index (χ1v) is 7.26. The summed E-state index contributed by atoms with van der Waals surface area (Å²) < 4.78 is 0. The van der Waals surface area contributed by atoms with Gasteiger partial charge < -0.3 is 15.3 Å². The van der Waals surface area contributed by atoms with Crippen molar-refractivity contribution in [3.63, 3.8) is 0 Å². The van der Waals surface area contributed by atoms with Gasteiger partial charge in [0, 0.05) is 22.8 Å². The number of halogens is 1. The molecule has 20 heavy (non-hydrogen) atoms. The molecule has 0 aliphatic heterocycles. The Kier molecular flexibility index (Phi) is 4.55. The number of rotatable bonds is 5. The summed E-state index contributed by atoms with van der Waals surface area (Å²) in [5.41, 5.74) is 0.981. The average Bonchev–Trinajstić information content (AvgIpc) is 2.87. The summed E-state index contributed by atoms with van der Waals surface area (Å²) in [5.74, 6) is -0.958. The van der Waals surface area contributed by atoms with E-state index >= 15 is 0 Å². The maximum absolute atomic E-state index is 11.3. The topological polar surface area (TPSA) is 52.6 Å². The maximum Gasteiger partial charge on any atom is 0.337 e. The molecule has 1 saturated carbocycles. The number of carboxylic acid groups (broad SMARTS) is 1. The van der Waals surface area contributed by atoms with Gasteiger partial charge in [0.05, 0.1) is 5.56 Å². The number of hydrogen-bond acceptors (Lipinski definition) is 3. The van der Waals surface area contributed by atoms with E-state index in [4.69, 9.17) is 11.6 Å². The van der Waals surface area contributed by atoms with E-state index in [0.717, 1.165) is 19.4 Å². The molecule has 0 atom stereocenters. The molecule has 5 heteroatoms. The highest BCUT2D eigenvalue weighted by Crippen LogP contribution is 2.34. The number of benzene rings is 1. The van der Waals surface area contributed by atoms with Crippen molar-refractivity contribution in [3.05, 3.63) is 28.8 Å². The number of aromatic carboxylic acids is 1. The van der Waals surface area contributed by atoms with Crippen LogP contribution in [-0.4, -0.2) is 42.2 Å². The molecule has 1 aromatic carbocycles. The van der Waals surface area contributed by atoms with Gasteiger partial charge in [0.2, 0.25) is 0 Å². The van der Waals surface area contributed by atoms with E-state index in [9.17, 15) is 9.90 Å². The predicted octanol–water partition coefficient (Wildman–Crippen LogP) is 3.32. The van der Waals surface area contributed by atoms with Crippen LogP contribution in [0.2, 0.25) is 5.02 Å². The van der Waals surface area contributed by atoms with Crippen LogP contribution >= 0.6 is 11.6 Å². The first-order valence-electron chi connectivity index (χ1n) is 6.89. The van der Waals surface area contributed by atoms with Crippen LogP contribution in [0.25, 0.3) is 0 Å². The molecule has 0 saturated heterocycles. The lowest BCUT2D eigenvalue weighted by Gasteiger charge is -2.37. The van der Waals surface area contributed by atoms with Crippen molar-refractivity contribution < 1.29 is 9.90 Å². The Labute approximate surface area is 124 Å². The number of carboxylic acids is 1. The molecule has 0 unspecified atom stereocenters. The second-order valence-electron chi connectivity index (χ2n) is 5.67. The van der Waals surface area contributed by atoms with Crippen LogP contribution in [-0.2, 0) is 0 Å². The summed E-state index contributed by atoms with van der Waals surface area (Å²) in [6.45, 7) is 0.752. The molecule has 110 valence electrons. The van der Waals surface area contributed by atoms with E-state index in [2.05, 4.69) is 24.3 Å². The molecule has 0 aromatic heterocycles. The quantitative estimate of drug-likeness (QED) is 0.875. The number of likely N-dealkylation sites (N-methyl/N-ethyl adjacent to an activating group) is 1. The highest BCUT2D eigenvalue weighted by Gasteiger charge is 2.35. The fourth-order valence-corrected chi connectivity index (χ4v) is 3.09. The van der Waals surface area contributed by atoms with Crippen LogP contribution in [0, 0.1) is 0 Å². The van der Waals surface area contributed by atoms with Crippen molar-refractivity contribution in [1.29, 1.82) is 0 Å². The first-order chi connectivity index (χ1) is 9.44. The molecule has 2 rings (SSSR count). The van der Waals surface area contributed by atoms with E-state index in [1.54, 1.807) is 12.1 Å². The van der Waals surface area contributed by atoms with E-state index < -0.39 is 5.97 Å². The Morgan fingerprint density at radius 3 is 2.60 bits per heavy atom. The van der Waals surface area contributed by atoms with Crippen LogP contribution in [0.4, 0.5) is 5.69 Å². The van der Waals surface area contributed by atoms with Gasteiger partial charge in [-0.15, -0.1) is 0 Å². The Morgan fingerprint density at radius 1 is 1.40 bits per heavy atom. The standard InChI is InChI=1S/C15H21ClN2O2/c1-18(2)15(7-3-4-8-15)10-17-13-6-5-11(16)9-12(13)14(19)20/h5-6,9,17H,3-4,7-8,10H2,1-2H3,(H,19,20). The molecule has 0 spiro atoms. The van der Waals surface area contributed by atoms with Gasteiger partial charge in [0.25, 0.3) is 0 Å². The number of anilines is 1. The van der Waals surface area contributed by atoms with Gasteiger partial charge in [-0.05, 0) is 45.1 Å². The lowest BCUT2D eigenvalue weighted by molar-refractivity contribution is 0.0697. The van der Waals surface area contributed by atoms with Crippen LogP contribution < -0.4 is 5.32 Å². The van der Waals surface area contributed by atoms with Gasteiger partial charge in [0.1, 0.15) is 0 Å². The molecule has 1 fully saturated rings. The highest BCUT2D eigenvalue weighted by atomic mass is 35.5. The molecule has 0 amide bonds. The van der Waals surface area contributed by atoms with Crippen LogP contribution in [0.3, 0.4) is 0 Å². The molecular formula is C15H21ClN2O2. The third-order valence-corrected chi connectivity index (χ3v) is 4.54. The van der Waals surface area contributed by atoms with Gasteiger partial charge in [-0.2, -0.15) is 0 Å². The molecule has 0 heterocycles. The zero-order chi connectivity index (χ0) is 14.8. The number of nitrogens with zero attached hydrogens (tertiary/aromatic N) is 1. The van der Waals surface area contributed by atoms with Crippen molar-refractivity contribution in [3.8, 4) is 0 Å². The average molecular weight is 297 g/mol. The molecule has 2 N–H and O–H groups in total. The SMILES string of the molecule is CN(C)C1(CNc2ccc(Cl)cc2C(=O)O)CCCC1. The number of hydrogen-bond donors (Lipinski definition) is 2. The molecule has 1 aliphatic carbocycles. The fraction of sp³-hybridized carbons (Fsp3) is 0.533. The number of carbonyl (C=O) groups is 1. The molecule has 0 bridgehead atoms. The summed E-state index contributed by atoms with van der Waals surface area (Å²) in [6.07, 6.45) is 4.74. The largest absolute Gasteiger partial charge is 0.478 e. The lowest BCUT2D eigenvalue weighted by atomic mass is 9.95. The van der Waals surface area contributed by atoms with Gasteiger partial charge >= 0.3 is 5.97 Å². The van der Waals surface area contributed by atoms with Crippen molar-refractivity contribution in [1.82, 2.24) is 4.90 Å².